The predicted molar refractivity (Wildman–Crippen MR) is 113 cm³/mol. The summed E-state index contributed by atoms with van der Waals surface area (Å²) in [5.74, 6) is 0.477. The molecular formula is C22H26N2O2S. The van der Waals surface area contributed by atoms with Gasteiger partial charge in [0.05, 0.1) is 10.2 Å². The number of hydrogen-bond acceptors (Lipinski definition) is 4. The quantitative estimate of drug-likeness (QED) is 0.637. The van der Waals surface area contributed by atoms with Crippen molar-refractivity contribution in [2.75, 3.05) is 5.32 Å². The van der Waals surface area contributed by atoms with E-state index in [1.54, 1.807) is 6.92 Å². The summed E-state index contributed by atoms with van der Waals surface area (Å²) in [5, 5.41) is 3.48. The van der Waals surface area contributed by atoms with Gasteiger partial charge in [0.15, 0.2) is 11.2 Å². The van der Waals surface area contributed by atoms with Crippen LogP contribution in [-0.2, 0) is 10.2 Å². The average Bonchev–Trinajstić information content (AvgIpc) is 3.01. The van der Waals surface area contributed by atoms with Gasteiger partial charge in [0.1, 0.15) is 5.75 Å². The first kappa shape index (κ1) is 19.4. The van der Waals surface area contributed by atoms with Crippen molar-refractivity contribution >= 4 is 32.6 Å². The van der Waals surface area contributed by atoms with Crippen molar-refractivity contribution in [3.05, 3.63) is 53.1 Å². The normalized spacial score (nSPS) is 12.8. The Balaban J connectivity index is 1.68. The second-order valence-electron chi connectivity index (χ2n) is 7.90. The number of hydrogen-bond donors (Lipinski definition) is 1. The zero-order valence-corrected chi connectivity index (χ0v) is 17.5. The second-order valence-corrected chi connectivity index (χ2v) is 8.93. The molecule has 0 radical (unpaired) electrons. The van der Waals surface area contributed by atoms with Gasteiger partial charge in [-0.05, 0) is 61.1 Å². The third kappa shape index (κ3) is 4.30. The lowest BCUT2D eigenvalue weighted by Crippen LogP contribution is -2.30. The molecule has 4 nitrogen and oxygen atoms in total. The number of thiazole rings is 1. The zero-order valence-electron chi connectivity index (χ0n) is 16.7. The summed E-state index contributed by atoms with van der Waals surface area (Å²) >= 11 is 1.48. The Labute approximate surface area is 164 Å². The van der Waals surface area contributed by atoms with Gasteiger partial charge >= 0.3 is 0 Å². The minimum Gasteiger partial charge on any atom is -0.481 e. The summed E-state index contributed by atoms with van der Waals surface area (Å²) in [7, 11) is 0. The van der Waals surface area contributed by atoms with Crippen molar-refractivity contribution in [3.8, 4) is 5.75 Å². The highest BCUT2D eigenvalue weighted by atomic mass is 32.1. The van der Waals surface area contributed by atoms with Crippen molar-refractivity contribution in [3.63, 3.8) is 0 Å². The van der Waals surface area contributed by atoms with Crippen LogP contribution in [0, 0.1) is 13.8 Å². The number of anilines is 1. The van der Waals surface area contributed by atoms with Crippen LogP contribution in [0.1, 0.15) is 44.4 Å². The number of carbonyl (C=O) groups excluding carboxylic acids is 1. The van der Waals surface area contributed by atoms with Crippen LogP contribution in [0.3, 0.4) is 0 Å². The Morgan fingerprint density at radius 2 is 1.78 bits per heavy atom. The number of nitrogens with zero attached hydrogens (tertiary/aromatic N) is 1. The molecule has 142 valence electrons. The fourth-order valence-electron chi connectivity index (χ4n) is 2.78. The number of nitrogens with one attached hydrogen (secondary N) is 1. The van der Waals surface area contributed by atoms with Crippen LogP contribution < -0.4 is 10.1 Å². The molecule has 3 rings (SSSR count). The van der Waals surface area contributed by atoms with E-state index in [9.17, 15) is 4.79 Å². The van der Waals surface area contributed by atoms with Crippen molar-refractivity contribution in [1.29, 1.82) is 0 Å². The van der Waals surface area contributed by atoms with E-state index in [-0.39, 0.29) is 11.3 Å². The lowest BCUT2D eigenvalue weighted by Gasteiger charge is -2.20. The van der Waals surface area contributed by atoms with Crippen molar-refractivity contribution in [2.24, 2.45) is 0 Å². The average molecular weight is 383 g/mol. The van der Waals surface area contributed by atoms with Gasteiger partial charge in [0.2, 0.25) is 0 Å². The highest BCUT2D eigenvalue weighted by Gasteiger charge is 2.18. The van der Waals surface area contributed by atoms with Gasteiger partial charge in [-0.25, -0.2) is 4.98 Å². The van der Waals surface area contributed by atoms with E-state index in [0.29, 0.717) is 10.9 Å². The molecular weight excluding hydrogens is 356 g/mol. The predicted octanol–water partition coefficient (Wildman–Crippen LogP) is 5.62. The van der Waals surface area contributed by atoms with E-state index in [0.717, 1.165) is 15.8 Å². The molecule has 1 N–H and O–H groups in total. The molecule has 0 aliphatic rings. The molecule has 5 heteroatoms. The van der Waals surface area contributed by atoms with E-state index >= 15 is 0 Å². The van der Waals surface area contributed by atoms with Gasteiger partial charge in [0, 0.05) is 0 Å². The molecule has 0 aliphatic heterocycles. The maximum Gasteiger partial charge on any atom is 0.266 e. The molecule has 1 amide bonds. The van der Waals surface area contributed by atoms with Crippen LogP contribution in [0.25, 0.3) is 10.2 Å². The minimum atomic E-state index is -0.611. The molecule has 1 unspecified atom stereocenters. The van der Waals surface area contributed by atoms with Gasteiger partial charge in [-0.15, -0.1) is 0 Å². The van der Waals surface area contributed by atoms with Gasteiger partial charge < -0.3 is 4.74 Å². The first-order valence-electron chi connectivity index (χ1n) is 9.10. The van der Waals surface area contributed by atoms with Crippen LogP contribution in [0.2, 0.25) is 0 Å². The second kappa shape index (κ2) is 7.31. The summed E-state index contributed by atoms with van der Waals surface area (Å²) in [6, 6.07) is 12.0. The molecule has 3 aromatic rings. The Hall–Kier alpha value is -2.40. The first-order valence-corrected chi connectivity index (χ1v) is 9.91. The molecule has 0 saturated heterocycles. The van der Waals surface area contributed by atoms with E-state index in [1.165, 1.54) is 22.5 Å². The van der Waals surface area contributed by atoms with Crippen LogP contribution >= 0.6 is 11.3 Å². The lowest BCUT2D eigenvalue weighted by atomic mass is 9.87. The molecule has 1 atom stereocenters. The number of carbonyl (C=O) groups is 1. The Kier molecular flexibility index (Phi) is 5.24. The number of aryl methyl sites for hydroxylation is 2. The number of fused-ring (bicyclic) bond motifs is 1. The van der Waals surface area contributed by atoms with Crippen LogP contribution in [0.15, 0.2) is 36.4 Å². The molecule has 0 spiro atoms. The molecule has 0 saturated carbocycles. The van der Waals surface area contributed by atoms with Gasteiger partial charge in [0.25, 0.3) is 5.91 Å². The summed E-state index contributed by atoms with van der Waals surface area (Å²) < 4.78 is 6.87. The monoisotopic (exact) mass is 382 g/mol. The molecule has 1 aromatic heterocycles. The van der Waals surface area contributed by atoms with Crippen molar-refractivity contribution < 1.29 is 9.53 Å². The summed E-state index contributed by atoms with van der Waals surface area (Å²) in [6.45, 7) is 12.4. The van der Waals surface area contributed by atoms with Crippen molar-refractivity contribution in [2.45, 2.75) is 53.1 Å². The number of benzene rings is 2. The molecule has 0 bridgehead atoms. The van der Waals surface area contributed by atoms with Crippen molar-refractivity contribution in [1.82, 2.24) is 4.98 Å². The summed E-state index contributed by atoms with van der Waals surface area (Å²) in [5.41, 5.74) is 4.60. The number of rotatable bonds is 4. The van der Waals surface area contributed by atoms with E-state index in [4.69, 9.17) is 4.74 Å². The number of amides is 1. The minimum absolute atomic E-state index is 0.0881. The first-order chi connectivity index (χ1) is 12.6. The standard InChI is InChI=1S/C22H26N2O2S/c1-13-7-12-18-19(14(13)2)23-21(27-18)24-20(25)15(3)26-17-10-8-16(9-11-17)22(4,5)6/h7-12,15H,1-6H3,(H,23,24,25). The summed E-state index contributed by atoms with van der Waals surface area (Å²) in [6.07, 6.45) is -0.611. The van der Waals surface area contributed by atoms with Crippen LogP contribution in [0.4, 0.5) is 5.13 Å². The molecule has 27 heavy (non-hydrogen) atoms. The number of aromatic nitrogens is 1. The lowest BCUT2D eigenvalue weighted by molar-refractivity contribution is -0.122. The Morgan fingerprint density at radius 3 is 2.41 bits per heavy atom. The van der Waals surface area contributed by atoms with E-state index in [1.807, 2.05) is 30.3 Å². The van der Waals surface area contributed by atoms with Crippen LogP contribution in [-0.4, -0.2) is 17.0 Å². The molecule has 2 aromatic carbocycles. The Bertz CT molecular complexity index is 968. The zero-order chi connectivity index (χ0) is 19.8. The summed E-state index contributed by atoms with van der Waals surface area (Å²) in [4.78, 5) is 17.1. The fourth-order valence-corrected chi connectivity index (χ4v) is 3.71. The third-order valence-corrected chi connectivity index (χ3v) is 5.65. The Morgan fingerprint density at radius 1 is 1.11 bits per heavy atom. The van der Waals surface area contributed by atoms with Gasteiger partial charge in [-0.2, -0.15) is 0 Å². The highest BCUT2D eigenvalue weighted by molar-refractivity contribution is 7.22. The fraction of sp³-hybridized carbons (Fsp3) is 0.364. The largest absolute Gasteiger partial charge is 0.481 e. The SMILES string of the molecule is Cc1ccc2sc(NC(=O)C(C)Oc3ccc(C(C)(C)C)cc3)nc2c1C. The molecule has 0 aliphatic carbocycles. The number of ether oxygens (including phenoxy) is 1. The maximum atomic E-state index is 12.5. The van der Waals surface area contributed by atoms with Gasteiger partial charge in [-0.1, -0.05) is 50.3 Å². The van der Waals surface area contributed by atoms with E-state index < -0.39 is 6.10 Å². The third-order valence-electron chi connectivity index (χ3n) is 4.72. The van der Waals surface area contributed by atoms with Crippen LogP contribution in [0.5, 0.6) is 5.75 Å². The maximum absolute atomic E-state index is 12.5. The topological polar surface area (TPSA) is 51.2 Å². The molecule has 1 heterocycles. The molecule has 0 fully saturated rings. The van der Waals surface area contributed by atoms with E-state index in [2.05, 4.69) is 51.0 Å². The highest BCUT2D eigenvalue weighted by Crippen LogP contribution is 2.30. The van der Waals surface area contributed by atoms with Gasteiger partial charge in [-0.3, -0.25) is 10.1 Å². The smallest absolute Gasteiger partial charge is 0.266 e.